The number of ether oxygens (including phenoxy) is 1. The zero-order valence-corrected chi connectivity index (χ0v) is 9.84. The van der Waals surface area contributed by atoms with E-state index in [-0.39, 0.29) is 12.2 Å². The van der Waals surface area contributed by atoms with Crippen LogP contribution in [0.5, 0.6) is 0 Å². The van der Waals surface area contributed by atoms with Crippen LogP contribution in [0.15, 0.2) is 27.2 Å². The van der Waals surface area contributed by atoms with Gasteiger partial charge in [0.25, 0.3) is 0 Å². The summed E-state index contributed by atoms with van der Waals surface area (Å²) < 4.78 is 10.0. The number of carbonyl (C=O) groups is 1. The number of thioether (sulfide) groups is 1. The molecule has 0 amide bonds. The third-order valence-electron chi connectivity index (χ3n) is 1.71. The minimum absolute atomic E-state index is 0.0659. The third-order valence-corrected chi connectivity index (χ3v) is 2.33. The molecule has 0 spiro atoms. The Labute approximate surface area is 97.9 Å². The van der Waals surface area contributed by atoms with Crippen molar-refractivity contribution in [1.29, 1.82) is 5.26 Å². The maximum Gasteiger partial charge on any atom is 0.349 e. The molecule has 0 unspecified atom stereocenters. The molecule has 16 heavy (non-hydrogen) atoms. The van der Waals surface area contributed by atoms with Gasteiger partial charge in [-0.05, 0) is 25.3 Å². The summed E-state index contributed by atoms with van der Waals surface area (Å²) in [6.07, 6.45) is 3.25. The Morgan fingerprint density at radius 3 is 2.94 bits per heavy atom. The predicted octanol–water partition coefficient (Wildman–Crippen LogP) is 2.47. The number of nitriles is 1. The molecule has 0 aliphatic rings. The summed E-state index contributed by atoms with van der Waals surface area (Å²) in [7, 11) is 0. The standard InChI is InChI=1S/C11H11NO3S/c1-3-14-11(13)8(7-12)6-9-4-5-10(15-9)16-2/h4-6H,3H2,1-2H3/b8-6+. The average Bonchev–Trinajstić information content (AvgIpc) is 2.73. The lowest BCUT2D eigenvalue weighted by molar-refractivity contribution is -0.137. The van der Waals surface area contributed by atoms with E-state index in [9.17, 15) is 4.79 Å². The SMILES string of the molecule is CCOC(=O)/C(C#N)=C/c1ccc(SC)o1. The van der Waals surface area contributed by atoms with Crippen LogP contribution in [0.3, 0.4) is 0 Å². The maximum atomic E-state index is 11.3. The van der Waals surface area contributed by atoms with Gasteiger partial charge in [-0.3, -0.25) is 0 Å². The average molecular weight is 237 g/mol. The van der Waals surface area contributed by atoms with Gasteiger partial charge in [-0.1, -0.05) is 11.8 Å². The van der Waals surface area contributed by atoms with Crippen molar-refractivity contribution in [1.82, 2.24) is 0 Å². The molecular formula is C11H11NO3S. The van der Waals surface area contributed by atoms with E-state index >= 15 is 0 Å². The van der Waals surface area contributed by atoms with Crippen molar-refractivity contribution in [2.24, 2.45) is 0 Å². The van der Waals surface area contributed by atoms with Gasteiger partial charge in [0.1, 0.15) is 17.4 Å². The van der Waals surface area contributed by atoms with E-state index < -0.39 is 5.97 Å². The molecule has 1 rings (SSSR count). The Morgan fingerprint density at radius 2 is 2.44 bits per heavy atom. The molecule has 1 aromatic heterocycles. The number of furan rings is 1. The monoisotopic (exact) mass is 237 g/mol. The molecule has 0 aliphatic heterocycles. The number of carbonyl (C=O) groups excluding carboxylic acids is 1. The van der Waals surface area contributed by atoms with Crippen LogP contribution in [0.2, 0.25) is 0 Å². The van der Waals surface area contributed by atoms with Crippen molar-refractivity contribution < 1.29 is 13.9 Å². The van der Waals surface area contributed by atoms with Gasteiger partial charge in [0.15, 0.2) is 5.09 Å². The first-order chi connectivity index (χ1) is 7.71. The van der Waals surface area contributed by atoms with Crippen LogP contribution < -0.4 is 0 Å². The van der Waals surface area contributed by atoms with Crippen LogP contribution in [0.25, 0.3) is 6.08 Å². The van der Waals surface area contributed by atoms with Gasteiger partial charge in [0, 0.05) is 6.08 Å². The van der Waals surface area contributed by atoms with Gasteiger partial charge < -0.3 is 9.15 Å². The van der Waals surface area contributed by atoms with Gasteiger partial charge in [0.2, 0.25) is 0 Å². The van der Waals surface area contributed by atoms with Crippen molar-refractivity contribution in [3.63, 3.8) is 0 Å². The molecule has 5 heteroatoms. The highest BCUT2D eigenvalue weighted by Crippen LogP contribution is 2.19. The van der Waals surface area contributed by atoms with Gasteiger partial charge in [0.05, 0.1) is 6.61 Å². The second-order valence-corrected chi connectivity index (χ2v) is 3.56. The lowest BCUT2D eigenvalue weighted by atomic mass is 10.2. The van der Waals surface area contributed by atoms with Crippen molar-refractivity contribution in [3.05, 3.63) is 23.5 Å². The van der Waals surface area contributed by atoms with Gasteiger partial charge >= 0.3 is 5.97 Å². The molecular weight excluding hydrogens is 226 g/mol. The van der Waals surface area contributed by atoms with E-state index in [4.69, 9.17) is 14.4 Å². The first kappa shape index (κ1) is 12.4. The summed E-state index contributed by atoms with van der Waals surface area (Å²) in [5.41, 5.74) is -0.0659. The summed E-state index contributed by atoms with van der Waals surface area (Å²) in [4.78, 5) is 11.3. The number of hydrogen-bond donors (Lipinski definition) is 0. The smallest absolute Gasteiger partial charge is 0.349 e. The lowest BCUT2D eigenvalue weighted by Crippen LogP contribution is -2.05. The Morgan fingerprint density at radius 1 is 1.69 bits per heavy atom. The van der Waals surface area contributed by atoms with Gasteiger partial charge in [-0.25, -0.2) is 4.79 Å². The van der Waals surface area contributed by atoms with Gasteiger partial charge in [-0.15, -0.1) is 0 Å². The highest BCUT2D eigenvalue weighted by molar-refractivity contribution is 7.98. The van der Waals surface area contributed by atoms with E-state index in [1.165, 1.54) is 17.8 Å². The Hall–Kier alpha value is -1.67. The van der Waals surface area contributed by atoms with Crippen molar-refractivity contribution in [2.75, 3.05) is 12.9 Å². The van der Waals surface area contributed by atoms with Crippen LogP contribution in [-0.2, 0) is 9.53 Å². The van der Waals surface area contributed by atoms with Crippen molar-refractivity contribution in [2.45, 2.75) is 12.0 Å². The lowest BCUT2D eigenvalue weighted by Gasteiger charge is -1.97. The minimum atomic E-state index is -0.632. The second kappa shape index (κ2) is 6.03. The van der Waals surface area contributed by atoms with E-state index in [1.54, 1.807) is 25.1 Å². The highest BCUT2D eigenvalue weighted by Gasteiger charge is 2.10. The van der Waals surface area contributed by atoms with E-state index in [1.807, 2.05) is 6.26 Å². The topological polar surface area (TPSA) is 63.2 Å². The Bertz CT molecular complexity index is 442. The van der Waals surface area contributed by atoms with Crippen molar-refractivity contribution in [3.8, 4) is 6.07 Å². The van der Waals surface area contributed by atoms with E-state index in [2.05, 4.69) is 0 Å². The molecule has 1 aromatic rings. The fourth-order valence-corrected chi connectivity index (χ4v) is 1.39. The first-order valence-corrected chi connectivity index (χ1v) is 5.86. The summed E-state index contributed by atoms with van der Waals surface area (Å²) in [5, 5.41) is 9.51. The Kier molecular flexibility index (Phi) is 4.67. The normalized spacial score (nSPS) is 10.9. The van der Waals surface area contributed by atoms with Crippen LogP contribution in [0.1, 0.15) is 12.7 Å². The quantitative estimate of drug-likeness (QED) is 0.348. The third kappa shape index (κ3) is 3.17. The highest BCUT2D eigenvalue weighted by atomic mass is 32.2. The Balaban J connectivity index is 2.88. The minimum Gasteiger partial charge on any atom is -0.462 e. The molecule has 84 valence electrons. The maximum absolute atomic E-state index is 11.3. The fourth-order valence-electron chi connectivity index (χ4n) is 1.01. The zero-order valence-electron chi connectivity index (χ0n) is 9.02. The largest absolute Gasteiger partial charge is 0.462 e. The van der Waals surface area contributed by atoms with E-state index in [0.29, 0.717) is 5.76 Å². The van der Waals surface area contributed by atoms with Crippen LogP contribution in [0.4, 0.5) is 0 Å². The summed E-state index contributed by atoms with van der Waals surface area (Å²) in [6.45, 7) is 1.93. The molecule has 1 heterocycles. The fraction of sp³-hybridized carbons (Fsp3) is 0.273. The van der Waals surface area contributed by atoms with Gasteiger partial charge in [-0.2, -0.15) is 5.26 Å². The molecule has 0 saturated heterocycles. The summed E-state index contributed by atoms with van der Waals surface area (Å²) in [6, 6.07) is 5.25. The molecule has 4 nitrogen and oxygen atoms in total. The number of esters is 1. The molecule has 0 N–H and O–H groups in total. The number of hydrogen-bond acceptors (Lipinski definition) is 5. The number of rotatable bonds is 4. The molecule has 0 radical (unpaired) electrons. The molecule has 0 saturated carbocycles. The van der Waals surface area contributed by atoms with E-state index in [0.717, 1.165) is 5.09 Å². The summed E-state index contributed by atoms with van der Waals surface area (Å²) >= 11 is 1.45. The summed E-state index contributed by atoms with van der Waals surface area (Å²) in [5.74, 6) is -0.166. The van der Waals surface area contributed by atoms with Crippen LogP contribution >= 0.6 is 11.8 Å². The molecule has 0 bridgehead atoms. The van der Waals surface area contributed by atoms with Crippen LogP contribution in [0, 0.1) is 11.3 Å². The van der Waals surface area contributed by atoms with Crippen molar-refractivity contribution >= 4 is 23.8 Å². The van der Waals surface area contributed by atoms with Crippen LogP contribution in [-0.4, -0.2) is 18.8 Å². The predicted molar refractivity (Wildman–Crippen MR) is 60.7 cm³/mol. The zero-order chi connectivity index (χ0) is 12.0. The molecule has 0 aromatic carbocycles. The molecule has 0 atom stereocenters. The molecule has 0 fully saturated rings. The molecule has 0 aliphatic carbocycles. The number of nitrogens with zero attached hydrogens (tertiary/aromatic N) is 1. The second-order valence-electron chi connectivity index (χ2n) is 2.75. The first-order valence-electron chi connectivity index (χ1n) is 4.64.